The molecule has 1 aromatic rings. The van der Waals surface area contributed by atoms with Gasteiger partial charge in [-0.15, -0.1) is 0 Å². The number of oxime groups is 1. The van der Waals surface area contributed by atoms with Crippen LogP contribution in [0.25, 0.3) is 0 Å². The predicted octanol–water partition coefficient (Wildman–Crippen LogP) is 3.08. The summed E-state index contributed by atoms with van der Waals surface area (Å²) < 4.78 is 0.898. The summed E-state index contributed by atoms with van der Waals surface area (Å²) in [6.45, 7) is 0.129. The molecule has 0 heterocycles. The van der Waals surface area contributed by atoms with Crippen molar-refractivity contribution >= 4 is 45.9 Å². The van der Waals surface area contributed by atoms with Gasteiger partial charge in [-0.05, 0) is 53.6 Å². The van der Waals surface area contributed by atoms with E-state index < -0.39 is 0 Å². The summed E-state index contributed by atoms with van der Waals surface area (Å²) in [5.74, 6) is -0.0985. The van der Waals surface area contributed by atoms with Gasteiger partial charge in [-0.3, -0.25) is 4.79 Å². The molecule has 114 valence electrons. The van der Waals surface area contributed by atoms with Crippen LogP contribution in [0.3, 0.4) is 0 Å². The molecule has 1 fully saturated rings. The molecule has 1 aliphatic carbocycles. The van der Waals surface area contributed by atoms with Gasteiger partial charge in [-0.2, -0.15) is 0 Å². The van der Waals surface area contributed by atoms with Crippen LogP contribution in [0.5, 0.6) is 0 Å². The molecule has 0 spiro atoms. The number of hydrogen-bond acceptors (Lipinski definition) is 3. The third kappa shape index (κ3) is 4.00. The number of benzene rings is 1. The molecular weight excluding hydrogens is 405 g/mol. The fourth-order valence-corrected chi connectivity index (χ4v) is 3.10. The fraction of sp³-hybridized carbons (Fsp3) is 0.429. The normalized spacial score (nSPS) is 16.2. The Balaban J connectivity index is 2.25. The highest BCUT2D eigenvalue weighted by Gasteiger charge is 2.28. The molecule has 0 radical (unpaired) electrons. The lowest BCUT2D eigenvalue weighted by atomic mass is 10.1. The van der Waals surface area contributed by atoms with Crippen molar-refractivity contribution in [2.24, 2.45) is 10.9 Å². The number of carbonyl (C=O) groups excluding carboxylic acids is 1. The lowest BCUT2D eigenvalue weighted by molar-refractivity contribution is 0.0712. The molecule has 0 atom stereocenters. The van der Waals surface area contributed by atoms with Gasteiger partial charge in [0, 0.05) is 15.2 Å². The van der Waals surface area contributed by atoms with Gasteiger partial charge in [0.25, 0.3) is 5.91 Å². The average molecular weight is 422 g/mol. The van der Waals surface area contributed by atoms with Crippen LogP contribution in [-0.4, -0.2) is 34.4 Å². The van der Waals surface area contributed by atoms with E-state index in [1.54, 1.807) is 17.0 Å². The summed E-state index contributed by atoms with van der Waals surface area (Å²) in [6, 6.07) is 5.37. The first-order valence-corrected chi connectivity index (χ1v) is 8.21. The molecule has 2 rings (SSSR count). The number of carbonyl (C=O) groups is 1. The maximum absolute atomic E-state index is 12.7. The Kier molecular flexibility index (Phi) is 5.69. The molecule has 3 N–H and O–H groups in total. The van der Waals surface area contributed by atoms with Gasteiger partial charge in [-0.1, -0.05) is 29.6 Å². The van der Waals surface area contributed by atoms with E-state index in [1.807, 2.05) is 6.07 Å². The van der Waals surface area contributed by atoms with E-state index in [4.69, 9.17) is 22.5 Å². The van der Waals surface area contributed by atoms with Crippen LogP contribution in [0.4, 0.5) is 0 Å². The summed E-state index contributed by atoms with van der Waals surface area (Å²) in [7, 11) is 0. The van der Waals surface area contributed by atoms with Gasteiger partial charge < -0.3 is 15.8 Å². The van der Waals surface area contributed by atoms with E-state index in [2.05, 4.69) is 27.7 Å². The van der Waals surface area contributed by atoms with E-state index in [0.29, 0.717) is 10.6 Å². The molecule has 5 nitrogen and oxygen atoms in total. The van der Waals surface area contributed by atoms with Crippen LogP contribution in [0, 0.1) is 3.57 Å². The van der Waals surface area contributed by atoms with Crippen molar-refractivity contribution in [1.82, 2.24) is 4.90 Å². The predicted molar refractivity (Wildman–Crippen MR) is 90.9 cm³/mol. The number of amidine groups is 1. The van der Waals surface area contributed by atoms with E-state index >= 15 is 0 Å². The van der Waals surface area contributed by atoms with Crippen molar-refractivity contribution in [3.8, 4) is 0 Å². The summed E-state index contributed by atoms with van der Waals surface area (Å²) in [4.78, 5) is 14.4. The molecule has 0 saturated heterocycles. The second-order valence-electron chi connectivity index (χ2n) is 5.09. The van der Waals surface area contributed by atoms with Gasteiger partial charge >= 0.3 is 0 Å². The highest BCUT2D eigenvalue weighted by molar-refractivity contribution is 14.1. The first-order valence-electron chi connectivity index (χ1n) is 6.75. The van der Waals surface area contributed by atoms with Crippen LogP contribution in [0.15, 0.2) is 23.4 Å². The third-order valence-electron chi connectivity index (χ3n) is 3.65. The monoisotopic (exact) mass is 421 g/mol. The number of rotatable bonds is 4. The van der Waals surface area contributed by atoms with Crippen LogP contribution < -0.4 is 5.73 Å². The number of halogens is 2. The molecule has 0 aromatic heterocycles. The third-order valence-corrected chi connectivity index (χ3v) is 5.23. The standard InChI is InChI=1S/C14H17ClIN3O2/c15-11-7-9(5-6-12(11)16)14(20)19(8-13(17)18-21)10-3-1-2-4-10/h5-7,10,21H,1-4,8H2,(H2,17,18). The van der Waals surface area contributed by atoms with E-state index in [9.17, 15) is 4.79 Å². The van der Waals surface area contributed by atoms with Crippen molar-refractivity contribution < 1.29 is 10.0 Å². The molecule has 0 bridgehead atoms. The van der Waals surface area contributed by atoms with Crippen molar-refractivity contribution in [2.45, 2.75) is 31.7 Å². The SMILES string of the molecule is N/C(CN(C(=O)c1ccc(I)c(Cl)c1)C1CCCC1)=N/O. The van der Waals surface area contributed by atoms with Gasteiger partial charge in [0.05, 0.1) is 11.6 Å². The smallest absolute Gasteiger partial charge is 0.254 e. The van der Waals surface area contributed by atoms with Gasteiger partial charge in [0.15, 0.2) is 5.84 Å². The van der Waals surface area contributed by atoms with Crippen molar-refractivity contribution in [2.75, 3.05) is 6.54 Å². The minimum absolute atomic E-state index is 0.0341. The molecule has 1 amide bonds. The quantitative estimate of drug-likeness (QED) is 0.258. The lowest BCUT2D eigenvalue weighted by Crippen LogP contribution is -2.44. The molecule has 0 aliphatic heterocycles. The Hall–Kier alpha value is -1.02. The van der Waals surface area contributed by atoms with Crippen molar-refractivity contribution in [3.63, 3.8) is 0 Å². The van der Waals surface area contributed by atoms with Crippen molar-refractivity contribution in [3.05, 3.63) is 32.4 Å². The topological polar surface area (TPSA) is 78.9 Å². The zero-order valence-electron chi connectivity index (χ0n) is 11.4. The molecule has 0 unspecified atom stereocenters. The molecule has 21 heavy (non-hydrogen) atoms. The lowest BCUT2D eigenvalue weighted by Gasteiger charge is -2.28. The molecule has 1 aliphatic rings. The van der Waals surface area contributed by atoms with Crippen LogP contribution in [0.2, 0.25) is 5.02 Å². The minimum atomic E-state index is -0.133. The van der Waals surface area contributed by atoms with Crippen LogP contribution in [-0.2, 0) is 0 Å². The fourth-order valence-electron chi connectivity index (χ4n) is 2.58. The Bertz CT molecular complexity index is 559. The second kappa shape index (κ2) is 7.31. The van der Waals surface area contributed by atoms with Gasteiger partial charge in [0.1, 0.15) is 0 Å². The first kappa shape index (κ1) is 16.4. The maximum atomic E-state index is 12.7. The highest BCUT2D eigenvalue weighted by atomic mass is 127. The van der Waals surface area contributed by atoms with Gasteiger partial charge in [-0.25, -0.2) is 0 Å². The zero-order chi connectivity index (χ0) is 15.4. The Morgan fingerprint density at radius 2 is 2.14 bits per heavy atom. The van der Waals surface area contributed by atoms with Crippen LogP contribution >= 0.6 is 34.2 Å². The number of hydrogen-bond donors (Lipinski definition) is 2. The van der Waals surface area contributed by atoms with E-state index in [-0.39, 0.29) is 24.3 Å². The summed E-state index contributed by atoms with van der Waals surface area (Å²) in [6.07, 6.45) is 4.08. The summed E-state index contributed by atoms with van der Waals surface area (Å²) in [5, 5.41) is 12.3. The zero-order valence-corrected chi connectivity index (χ0v) is 14.3. The minimum Gasteiger partial charge on any atom is -0.409 e. The summed E-state index contributed by atoms with van der Waals surface area (Å²) in [5.41, 5.74) is 6.12. The Labute approximate surface area is 142 Å². The number of nitrogens with two attached hydrogens (primary N) is 1. The molecule has 7 heteroatoms. The van der Waals surface area contributed by atoms with E-state index in [0.717, 1.165) is 29.3 Å². The Morgan fingerprint density at radius 1 is 1.48 bits per heavy atom. The average Bonchev–Trinajstić information content (AvgIpc) is 3.00. The van der Waals surface area contributed by atoms with E-state index in [1.165, 1.54) is 0 Å². The largest absolute Gasteiger partial charge is 0.409 e. The second-order valence-corrected chi connectivity index (χ2v) is 6.66. The maximum Gasteiger partial charge on any atom is 0.254 e. The van der Waals surface area contributed by atoms with Gasteiger partial charge in [0.2, 0.25) is 0 Å². The highest BCUT2D eigenvalue weighted by Crippen LogP contribution is 2.26. The number of amides is 1. The molecule has 1 saturated carbocycles. The Morgan fingerprint density at radius 3 is 2.71 bits per heavy atom. The first-order chi connectivity index (χ1) is 10.0. The van der Waals surface area contributed by atoms with Crippen molar-refractivity contribution in [1.29, 1.82) is 0 Å². The molecule has 1 aromatic carbocycles. The molecular formula is C14H17ClIN3O2. The number of nitrogens with zero attached hydrogens (tertiary/aromatic N) is 2. The van der Waals surface area contributed by atoms with Crippen LogP contribution in [0.1, 0.15) is 36.0 Å². The summed E-state index contributed by atoms with van der Waals surface area (Å²) >= 11 is 8.21.